The first kappa shape index (κ1) is 16.3. The topological polar surface area (TPSA) is 78.3 Å². The number of hydrogen-bond acceptors (Lipinski definition) is 3. The highest BCUT2D eigenvalue weighted by atomic mass is 19.4. The number of primary amides is 1. The molecule has 1 aromatic carbocycles. The molecule has 0 heterocycles. The molecule has 0 bridgehead atoms. The molecule has 1 unspecified atom stereocenters. The maximum absolute atomic E-state index is 12.9. The first-order valence-corrected chi connectivity index (χ1v) is 6.07. The van der Waals surface area contributed by atoms with E-state index >= 15 is 0 Å². The summed E-state index contributed by atoms with van der Waals surface area (Å²) in [6.45, 7) is 1.52. The highest BCUT2D eigenvalue weighted by Crippen LogP contribution is 2.37. The third-order valence-corrected chi connectivity index (χ3v) is 2.51. The van der Waals surface area contributed by atoms with Crippen LogP contribution in [0.4, 0.5) is 13.2 Å². The molecule has 4 nitrogen and oxygen atoms in total. The molecule has 20 heavy (non-hydrogen) atoms. The van der Waals surface area contributed by atoms with Crippen LogP contribution in [0.25, 0.3) is 0 Å². The van der Waals surface area contributed by atoms with Crippen LogP contribution in [0.5, 0.6) is 5.75 Å². The van der Waals surface area contributed by atoms with Crippen LogP contribution >= 0.6 is 0 Å². The van der Waals surface area contributed by atoms with Crippen LogP contribution in [0, 0.1) is 0 Å². The smallest absolute Gasteiger partial charge is 0.419 e. The molecule has 112 valence electrons. The molecular weight excluding hydrogens is 273 g/mol. The van der Waals surface area contributed by atoms with Crippen molar-refractivity contribution in [2.75, 3.05) is 6.61 Å². The molecule has 1 rings (SSSR count). The van der Waals surface area contributed by atoms with Crippen LogP contribution in [0.3, 0.4) is 0 Å². The third-order valence-electron chi connectivity index (χ3n) is 2.51. The Morgan fingerprint density at radius 1 is 1.40 bits per heavy atom. The molecule has 0 fully saturated rings. The summed E-state index contributed by atoms with van der Waals surface area (Å²) in [6.07, 6.45) is -4.33. The monoisotopic (exact) mass is 290 g/mol. The molecule has 0 aliphatic heterocycles. The van der Waals surface area contributed by atoms with Crippen molar-refractivity contribution in [1.82, 2.24) is 0 Å². The Labute approximate surface area is 114 Å². The highest BCUT2D eigenvalue weighted by Gasteiger charge is 2.34. The van der Waals surface area contributed by atoms with Crippen LogP contribution in [-0.4, -0.2) is 18.6 Å². The Morgan fingerprint density at radius 2 is 2.05 bits per heavy atom. The highest BCUT2D eigenvalue weighted by molar-refractivity contribution is 5.73. The second-order valence-corrected chi connectivity index (χ2v) is 4.57. The van der Waals surface area contributed by atoms with E-state index in [9.17, 15) is 18.0 Å². The molecule has 0 saturated heterocycles. The van der Waals surface area contributed by atoms with Crippen molar-refractivity contribution in [3.8, 4) is 5.75 Å². The van der Waals surface area contributed by atoms with E-state index in [-0.39, 0.29) is 24.8 Å². The summed E-state index contributed by atoms with van der Waals surface area (Å²) in [4.78, 5) is 10.6. The SMILES string of the molecule is CC(N)Cc1ccc(OCCC(N)=O)c(C(F)(F)F)c1. The number of nitrogens with two attached hydrogens (primary N) is 2. The van der Waals surface area contributed by atoms with E-state index in [2.05, 4.69) is 0 Å². The molecule has 4 N–H and O–H groups in total. The minimum atomic E-state index is -4.53. The van der Waals surface area contributed by atoms with E-state index in [1.54, 1.807) is 6.92 Å². The van der Waals surface area contributed by atoms with Crippen molar-refractivity contribution in [2.24, 2.45) is 11.5 Å². The summed E-state index contributed by atoms with van der Waals surface area (Å²) in [5.74, 6) is -0.945. The van der Waals surface area contributed by atoms with Gasteiger partial charge >= 0.3 is 6.18 Å². The summed E-state index contributed by atoms with van der Waals surface area (Å²) in [7, 11) is 0. The van der Waals surface area contributed by atoms with Gasteiger partial charge in [-0.2, -0.15) is 13.2 Å². The van der Waals surface area contributed by atoms with Gasteiger partial charge in [-0.3, -0.25) is 4.79 Å². The van der Waals surface area contributed by atoms with Gasteiger partial charge in [-0.05, 0) is 31.0 Å². The zero-order chi connectivity index (χ0) is 15.3. The number of alkyl halides is 3. The van der Waals surface area contributed by atoms with Gasteiger partial charge in [0, 0.05) is 6.04 Å². The fourth-order valence-electron chi connectivity index (χ4n) is 1.68. The van der Waals surface area contributed by atoms with Crippen molar-refractivity contribution in [3.63, 3.8) is 0 Å². The maximum Gasteiger partial charge on any atom is 0.419 e. The third kappa shape index (κ3) is 5.08. The van der Waals surface area contributed by atoms with E-state index in [0.29, 0.717) is 12.0 Å². The molecule has 0 saturated carbocycles. The molecule has 0 spiro atoms. The van der Waals surface area contributed by atoms with E-state index < -0.39 is 17.6 Å². The van der Waals surface area contributed by atoms with Crippen molar-refractivity contribution >= 4 is 5.91 Å². The molecule has 1 atom stereocenters. The number of carbonyl (C=O) groups excluding carboxylic acids is 1. The van der Waals surface area contributed by atoms with Crippen molar-refractivity contribution in [2.45, 2.75) is 32.0 Å². The van der Waals surface area contributed by atoms with Crippen molar-refractivity contribution in [3.05, 3.63) is 29.3 Å². The number of halogens is 3. The zero-order valence-corrected chi connectivity index (χ0v) is 11.0. The lowest BCUT2D eigenvalue weighted by Gasteiger charge is -2.15. The van der Waals surface area contributed by atoms with Crippen molar-refractivity contribution in [1.29, 1.82) is 0 Å². The van der Waals surface area contributed by atoms with Gasteiger partial charge in [0.15, 0.2) is 0 Å². The predicted octanol–water partition coefficient (Wildman–Crippen LogP) is 1.85. The molecule has 1 amide bonds. The summed E-state index contributed by atoms with van der Waals surface area (Å²) in [5, 5.41) is 0. The molecule has 1 aromatic rings. The average Bonchev–Trinajstić information content (AvgIpc) is 2.28. The summed E-state index contributed by atoms with van der Waals surface area (Å²) in [5.41, 5.74) is 10.1. The number of hydrogen-bond donors (Lipinski definition) is 2. The van der Waals surface area contributed by atoms with Gasteiger partial charge in [-0.1, -0.05) is 6.07 Å². The normalized spacial score (nSPS) is 13.1. The van der Waals surface area contributed by atoms with Gasteiger partial charge in [-0.15, -0.1) is 0 Å². The van der Waals surface area contributed by atoms with E-state index in [1.807, 2.05) is 0 Å². The maximum atomic E-state index is 12.9. The average molecular weight is 290 g/mol. The summed E-state index contributed by atoms with van der Waals surface area (Å²) >= 11 is 0. The van der Waals surface area contributed by atoms with E-state index in [0.717, 1.165) is 6.07 Å². The number of carbonyl (C=O) groups is 1. The zero-order valence-electron chi connectivity index (χ0n) is 11.0. The van der Waals surface area contributed by atoms with Gasteiger partial charge in [0.05, 0.1) is 18.6 Å². The molecule has 0 radical (unpaired) electrons. The van der Waals surface area contributed by atoms with E-state index in [1.165, 1.54) is 12.1 Å². The first-order chi connectivity index (χ1) is 9.20. The standard InChI is InChI=1S/C13H17F3N2O2/c1-8(17)6-9-2-3-11(20-5-4-12(18)19)10(7-9)13(14,15)16/h2-3,7-8H,4-6,17H2,1H3,(H2,18,19). The number of benzene rings is 1. The first-order valence-electron chi connectivity index (χ1n) is 6.07. The molecule has 0 aromatic heterocycles. The fourth-order valence-corrected chi connectivity index (χ4v) is 1.68. The second-order valence-electron chi connectivity index (χ2n) is 4.57. The quantitative estimate of drug-likeness (QED) is 0.839. The lowest BCUT2D eigenvalue weighted by molar-refractivity contribution is -0.139. The Balaban J connectivity index is 2.95. The Hall–Kier alpha value is -1.76. The second kappa shape index (κ2) is 6.60. The van der Waals surface area contributed by atoms with Gasteiger partial charge in [0.25, 0.3) is 0 Å². The number of ether oxygens (including phenoxy) is 1. The minimum absolute atomic E-state index is 0.140. The van der Waals surface area contributed by atoms with Crippen LogP contribution < -0.4 is 16.2 Å². The molecule has 0 aliphatic carbocycles. The Bertz CT molecular complexity index is 473. The van der Waals surface area contributed by atoms with Crippen LogP contribution in [0.15, 0.2) is 18.2 Å². The van der Waals surface area contributed by atoms with Crippen LogP contribution in [-0.2, 0) is 17.4 Å². The van der Waals surface area contributed by atoms with Crippen LogP contribution in [0.2, 0.25) is 0 Å². The number of amides is 1. The van der Waals surface area contributed by atoms with Gasteiger partial charge in [0.2, 0.25) is 5.91 Å². The Morgan fingerprint density at radius 3 is 2.55 bits per heavy atom. The molecular formula is C13H17F3N2O2. The largest absolute Gasteiger partial charge is 0.492 e. The molecule has 7 heteroatoms. The van der Waals surface area contributed by atoms with Gasteiger partial charge in [0.1, 0.15) is 5.75 Å². The molecule has 0 aliphatic rings. The Kier molecular flexibility index (Phi) is 5.38. The summed E-state index contributed by atoms with van der Waals surface area (Å²) < 4.78 is 43.8. The predicted molar refractivity (Wildman–Crippen MR) is 68.1 cm³/mol. The minimum Gasteiger partial charge on any atom is -0.492 e. The van der Waals surface area contributed by atoms with Gasteiger partial charge in [-0.25, -0.2) is 0 Å². The van der Waals surface area contributed by atoms with E-state index in [4.69, 9.17) is 16.2 Å². The lowest BCUT2D eigenvalue weighted by Crippen LogP contribution is -2.19. The lowest BCUT2D eigenvalue weighted by atomic mass is 10.0. The fraction of sp³-hybridized carbons (Fsp3) is 0.462. The number of rotatable bonds is 6. The van der Waals surface area contributed by atoms with Crippen molar-refractivity contribution < 1.29 is 22.7 Å². The van der Waals surface area contributed by atoms with Crippen LogP contribution in [0.1, 0.15) is 24.5 Å². The summed E-state index contributed by atoms with van der Waals surface area (Å²) in [6, 6.07) is 3.54. The van der Waals surface area contributed by atoms with Gasteiger partial charge < -0.3 is 16.2 Å².